The number of β-amino-alcohol motifs (C(OH)–C–C–N with tert-alkyl or cyclic N) is 1. The van der Waals surface area contributed by atoms with Gasteiger partial charge in [-0.15, -0.1) is 0 Å². The van der Waals surface area contributed by atoms with Gasteiger partial charge in [-0.3, -0.25) is 9.69 Å². The van der Waals surface area contributed by atoms with E-state index < -0.39 is 0 Å². The predicted molar refractivity (Wildman–Crippen MR) is 75.9 cm³/mol. The Bertz CT molecular complexity index is 440. The van der Waals surface area contributed by atoms with Gasteiger partial charge in [-0.1, -0.05) is 23.2 Å². The van der Waals surface area contributed by atoms with Gasteiger partial charge in [0.1, 0.15) is 0 Å². The van der Waals surface area contributed by atoms with Gasteiger partial charge >= 0.3 is 0 Å². The van der Waals surface area contributed by atoms with E-state index in [0.29, 0.717) is 35.2 Å². The third-order valence-electron chi connectivity index (χ3n) is 3.19. The highest BCUT2D eigenvalue weighted by Gasteiger charge is 2.22. The lowest BCUT2D eigenvalue weighted by atomic mass is 10.2. The van der Waals surface area contributed by atoms with Crippen molar-refractivity contribution in [2.45, 2.75) is 0 Å². The molecular formula is C13H16Cl2N2O2. The molecule has 1 aromatic carbocycles. The summed E-state index contributed by atoms with van der Waals surface area (Å²) in [4.78, 5) is 16.2. The first kappa shape index (κ1) is 14.6. The number of hydrogen-bond donors (Lipinski definition) is 1. The van der Waals surface area contributed by atoms with E-state index in [1.54, 1.807) is 23.1 Å². The van der Waals surface area contributed by atoms with Crippen molar-refractivity contribution in [3.8, 4) is 0 Å². The van der Waals surface area contributed by atoms with Crippen LogP contribution in [-0.4, -0.2) is 60.1 Å². The minimum absolute atomic E-state index is 0.0481. The zero-order valence-electron chi connectivity index (χ0n) is 10.5. The quantitative estimate of drug-likeness (QED) is 0.925. The number of nitrogens with zero attached hydrogens (tertiary/aromatic N) is 2. The molecule has 2 rings (SSSR count). The average Bonchev–Trinajstić information content (AvgIpc) is 2.38. The maximum atomic E-state index is 12.3. The molecule has 1 saturated heterocycles. The van der Waals surface area contributed by atoms with Crippen molar-refractivity contribution in [1.29, 1.82) is 0 Å². The lowest BCUT2D eigenvalue weighted by molar-refractivity contribution is 0.0615. The summed E-state index contributed by atoms with van der Waals surface area (Å²) in [5, 5.41) is 9.82. The summed E-state index contributed by atoms with van der Waals surface area (Å²) in [7, 11) is 0. The molecule has 1 aliphatic rings. The van der Waals surface area contributed by atoms with Crippen LogP contribution in [0.1, 0.15) is 10.4 Å². The molecule has 1 amide bonds. The first-order chi connectivity index (χ1) is 9.10. The Morgan fingerprint density at radius 2 is 1.68 bits per heavy atom. The van der Waals surface area contributed by atoms with Crippen molar-refractivity contribution in [3.05, 3.63) is 33.8 Å². The second-order valence-corrected chi connectivity index (χ2v) is 5.39. The van der Waals surface area contributed by atoms with Crippen LogP contribution in [0.15, 0.2) is 18.2 Å². The van der Waals surface area contributed by atoms with Crippen molar-refractivity contribution in [3.63, 3.8) is 0 Å². The van der Waals surface area contributed by atoms with Crippen LogP contribution in [0.4, 0.5) is 0 Å². The summed E-state index contributed by atoms with van der Waals surface area (Å²) in [6, 6.07) is 4.88. The van der Waals surface area contributed by atoms with Gasteiger partial charge in [0, 0.05) is 48.3 Å². The summed E-state index contributed by atoms with van der Waals surface area (Å²) >= 11 is 11.8. The number of aliphatic hydroxyl groups excluding tert-OH is 1. The molecule has 1 heterocycles. The molecule has 0 atom stereocenters. The third kappa shape index (κ3) is 3.83. The number of piperazine rings is 1. The molecule has 0 saturated carbocycles. The van der Waals surface area contributed by atoms with Gasteiger partial charge in [-0.2, -0.15) is 0 Å². The fraction of sp³-hybridized carbons (Fsp3) is 0.462. The second kappa shape index (κ2) is 6.57. The highest BCUT2D eigenvalue weighted by molar-refractivity contribution is 6.35. The number of amides is 1. The van der Waals surface area contributed by atoms with Crippen LogP contribution in [0.2, 0.25) is 10.0 Å². The molecule has 0 unspecified atom stereocenters. The fourth-order valence-electron chi connectivity index (χ4n) is 2.18. The molecule has 0 aliphatic carbocycles. The van der Waals surface area contributed by atoms with Crippen molar-refractivity contribution < 1.29 is 9.90 Å². The van der Waals surface area contributed by atoms with Gasteiger partial charge in [0.05, 0.1) is 6.61 Å². The topological polar surface area (TPSA) is 43.8 Å². The van der Waals surface area contributed by atoms with Crippen LogP contribution in [-0.2, 0) is 0 Å². The van der Waals surface area contributed by atoms with Crippen LogP contribution in [0.25, 0.3) is 0 Å². The van der Waals surface area contributed by atoms with Crippen LogP contribution in [0.3, 0.4) is 0 Å². The number of aliphatic hydroxyl groups is 1. The molecule has 19 heavy (non-hydrogen) atoms. The van der Waals surface area contributed by atoms with Gasteiger partial charge < -0.3 is 10.0 Å². The fourth-order valence-corrected chi connectivity index (χ4v) is 2.70. The monoisotopic (exact) mass is 302 g/mol. The second-order valence-electron chi connectivity index (χ2n) is 4.52. The van der Waals surface area contributed by atoms with E-state index in [1.807, 2.05) is 0 Å². The normalized spacial score (nSPS) is 16.7. The third-order valence-corrected chi connectivity index (χ3v) is 3.62. The molecule has 1 fully saturated rings. The van der Waals surface area contributed by atoms with Gasteiger partial charge in [0.25, 0.3) is 5.91 Å². The van der Waals surface area contributed by atoms with Crippen LogP contribution in [0.5, 0.6) is 0 Å². The van der Waals surface area contributed by atoms with Crippen LogP contribution < -0.4 is 0 Å². The Hall–Kier alpha value is -0.810. The SMILES string of the molecule is O=C(c1cc(Cl)cc(Cl)c1)N1CCN(CCO)CC1. The lowest BCUT2D eigenvalue weighted by Crippen LogP contribution is -2.49. The first-order valence-electron chi connectivity index (χ1n) is 6.19. The molecule has 104 valence electrons. The summed E-state index contributed by atoms with van der Waals surface area (Å²) in [6.45, 7) is 3.68. The van der Waals surface area contributed by atoms with Gasteiger partial charge in [0.2, 0.25) is 0 Å². The van der Waals surface area contributed by atoms with Gasteiger partial charge in [-0.25, -0.2) is 0 Å². The standard InChI is InChI=1S/C13H16Cl2N2O2/c14-11-7-10(8-12(15)9-11)13(19)17-3-1-16(2-4-17)5-6-18/h7-9,18H,1-6H2. The molecule has 0 radical (unpaired) electrons. The number of halogens is 2. The molecule has 0 aromatic heterocycles. The average molecular weight is 303 g/mol. The van der Waals surface area contributed by atoms with Crippen LogP contribution in [0, 0.1) is 0 Å². The van der Waals surface area contributed by atoms with Gasteiger partial charge in [-0.05, 0) is 18.2 Å². The Labute approximate surface area is 122 Å². The molecule has 1 N–H and O–H groups in total. The smallest absolute Gasteiger partial charge is 0.254 e. The number of rotatable bonds is 3. The zero-order valence-corrected chi connectivity index (χ0v) is 12.0. The largest absolute Gasteiger partial charge is 0.395 e. The van der Waals surface area contributed by atoms with Crippen molar-refractivity contribution in [2.75, 3.05) is 39.3 Å². The van der Waals surface area contributed by atoms with E-state index in [2.05, 4.69) is 4.90 Å². The van der Waals surface area contributed by atoms with Crippen molar-refractivity contribution in [1.82, 2.24) is 9.80 Å². The number of carbonyl (C=O) groups excluding carboxylic acids is 1. The Morgan fingerprint density at radius 3 is 2.21 bits per heavy atom. The Kier molecular flexibility index (Phi) is 5.05. The highest BCUT2D eigenvalue weighted by atomic mass is 35.5. The molecule has 6 heteroatoms. The van der Waals surface area contributed by atoms with Crippen molar-refractivity contribution >= 4 is 29.1 Å². The molecule has 0 bridgehead atoms. The van der Waals surface area contributed by atoms with E-state index >= 15 is 0 Å². The maximum Gasteiger partial charge on any atom is 0.254 e. The van der Waals surface area contributed by atoms with E-state index in [9.17, 15) is 4.79 Å². The highest BCUT2D eigenvalue weighted by Crippen LogP contribution is 2.20. The minimum Gasteiger partial charge on any atom is -0.395 e. The molecular weight excluding hydrogens is 287 g/mol. The lowest BCUT2D eigenvalue weighted by Gasteiger charge is -2.34. The first-order valence-corrected chi connectivity index (χ1v) is 6.94. The number of hydrogen-bond acceptors (Lipinski definition) is 3. The molecule has 4 nitrogen and oxygen atoms in total. The molecule has 0 spiro atoms. The van der Waals surface area contributed by atoms with E-state index in [0.717, 1.165) is 13.1 Å². The summed E-state index contributed by atoms with van der Waals surface area (Å²) in [6.07, 6.45) is 0. The Balaban J connectivity index is 2.01. The van der Waals surface area contributed by atoms with E-state index in [-0.39, 0.29) is 12.5 Å². The zero-order chi connectivity index (χ0) is 13.8. The van der Waals surface area contributed by atoms with Gasteiger partial charge in [0.15, 0.2) is 0 Å². The Morgan fingerprint density at radius 1 is 1.11 bits per heavy atom. The molecule has 1 aromatic rings. The van der Waals surface area contributed by atoms with Crippen LogP contribution >= 0.6 is 23.2 Å². The summed E-state index contributed by atoms with van der Waals surface area (Å²) in [5.41, 5.74) is 0.521. The predicted octanol–water partition coefficient (Wildman–Crippen LogP) is 1.74. The van der Waals surface area contributed by atoms with Crippen molar-refractivity contribution in [2.24, 2.45) is 0 Å². The van der Waals surface area contributed by atoms with E-state index in [1.165, 1.54) is 0 Å². The number of benzene rings is 1. The number of carbonyl (C=O) groups is 1. The minimum atomic E-state index is -0.0481. The van der Waals surface area contributed by atoms with E-state index in [4.69, 9.17) is 28.3 Å². The maximum absolute atomic E-state index is 12.3. The molecule has 1 aliphatic heterocycles. The summed E-state index contributed by atoms with van der Waals surface area (Å²) in [5.74, 6) is -0.0481. The summed E-state index contributed by atoms with van der Waals surface area (Å²) < 4.78 is 0.